The summed E-state index contributed by atoms with van der Waals surface area (Å²) >= 11 is 0. The summed E-state index contributed by atoms with van der Waals surface area (Å²) in [6.45, 7) is -1.24. The van der Waals surface area contributed by atoms with Crippen molar-refractivity contribution in [2.45, 2.75) is 11.6 Å². The maximum Gasteiger partial charge on any atom is 0.334 e. The largest absolute Gasteiger partial charge is 0.334 e. The van der Waals surface area contributed by atoms with Crippen LogP contribution in [0.3, 0.4) is 0 Å². The van der Waals surface area contributed by atoms with Gasteiger partial charge in [0.1, 0.15) is 0 Å². The highest BCUT2D eigenvalue weighted by atomic mass is 32.2. The van der Waals surface area contributed by atoms with Crippen LogP contribution in [-0.2, 0) is 10.0 Å². The van der Waals surface area contributed by atoms with Gasteiger partial charge in [-0.3, -0.25) is 0 Å². The molecule has 0 radical (unpaired) electrons. The van der Waals surface area contributed by atoms with Crippen molar-refractivity contribution in [3.63, 3.8) is 0 Å². The Morgan fingerprint density at radius 2 is 2.00 bits per heavy atom. The lowest BCUT2D eigenvalue weighted by molar-refractivity contribution is 0.0545. The maximum atomic E-state index is 12.3. The molecule has 96 valence electrons. The van der Waals surface area contributed by atoms with Crippen molar-refractivity contribution in [2.75, 3.05) is 26.2 Å². The molecule has 1 aliphatic rings. The highest BCUT2D eigenvalue weighted by molar-refractivity contribution is 7.89. The van der Waals surface area contributed by atoms with Crippen LogP contribution in [0.1, 0.15) is 6.55 Å². The fourth-order valence-corrected chi connectivity index (χ4v) is 2.80. The van der Waals surface area contributed by atoms with Crippen molar-refractivity contribution < 1.29 is 17.2 Å². The van der Waals surface area contributed by atoms with E-state index >= 15 is 0 Å². The van der Waals surface area contributed by atoms with Gasteiger partial charge in [-0.15, -0.1) is 5.10 Å². The molecular weight excluding hydrogens is 256 g/mol. The van der Waals surface area contributed by atoms with Crippen LogP contribution in [0.2, 0.25) is 0 Å². The van der Waals surface area contributed by atoms with Gasteiger partial charge in [-0.05, 0) is 0 Å². The number of piperazine rings is 1. The first-order valence-corrected chi connectivity index (χ1v) is 6.36. The lowest BCUT2D eigenvalue weighted by Crippen LogP contribution is -2.46. The molecule has 0 unspecified atom stereocenters. The predicted octanol–water partition coefficient (Wildman–Crippen LogP) is -0.733. The molecule has 0 aromatic carbocycles. The minimum absolute atomic E-state index is 0.217. The van der Waals surface area contributed by atoms with E-state index in [1.165, 1.54) is 4.31 Å². The normalized spacial score (nSPS) is 18.8. The van der Waals surface area contributed by atoms with E-state index in [1.54, 1.807) is 0 Å². The van der Waals surface area contributed by atoms with E-state index in [-0.39, 0.29) is 4.68 Å². The van der Waals surface area contributed by atoms with Crippen LogP contribution in [0, 0.1) is 0 Å². The first kappa shape index (κ1) is 12.3. The van der Waals surface area contributed by atoms with Crippen molar-refractivity contribution in [1.82, 2.24) is 24.6 Å². The number of halogens is 2. The average molecular weight is 267 g/mol. The van der Waals surface area contributed by atoms with Gasteiger partial charge in [-0.2, -0.15) is 17.8 Å². The van der Waals surface area contributed by atoms with Gasteiger partial charge in [0.25, 0.3) is 10.0 Å². The van der Waals surface area contributed by atoms with E-state index in [9.17, 15) is 17.2 Å². The second-order valence-electron chi connectivity index (χ2n) is 3.47. The van der Waals surface area contributed by atoms with Gasteiger partial charge in [-0.1, -0.05) is 5.21 Å². The van der Waals surface area contributed by atoms with E-state index in [2.05, 4.69) is 15.6 Å². The van der Waals surface area contributed by atoms with Crippen LogP contribution in [0.4, 0.5) is 8.78 Å². The lowest BCUT2D eigenvalue weighted by atomic mass is 10.4. The quantitative estimate of drug-likeness (QED) is 0.780. The van der Waals surface area contributed by atoms with Crippen molar-refractivity contribution >= 4 is 10.0 Å². The molecule has 0 bridgehead atoms. The Labute approximate surface area is 96.4 Å². The third-order valence-electron chi connectivity index (χ3n) is 2.37. The fourth-order valence-electron chi connectivity index (χ4n) is 1.49. The van der Waals surface area contributed by atoms with Gasteiger partial charge >= 0.3 is 6.55 Å². The van der Waals surface area contributed by atoms with Crippen LogP contribution < -0.4 is 5.32 Å². The minimum Gasteiger partial charge on any atom is -0.314 e. The molecule has 1 N–H and O–H groups in total. The highest BCUT2D eigenvalue weighted by Crippen LogP contribution is 2.15. The number of rotatable bonds is 3. The first-order chi connectivity index (χ1) is 8.01. The van der Waals surface area contributed by atoms with E-state index in [0.29, 0.717) is 26.2 Å². The topological polar surface area (TPSA) is 80.1 Å². The lowest BCUT2D eigenvalue weighted by Gasteiger charge is -2.25. The molecule has 2 heterocycles. The Balaban J connectivity index is 2.24. The van der Waals surface area contributed by atoms with Gasteiger partial charge in [0.2, 0.25) is 5.03 Å². The summed E-state index contributed by atoms with van der Waals surface area (Å²) in [5.74, 6) is 0. The molecule has 0 amide bonds. The van der Waals surface area contributed by atoms with Gasteiger partial charge in [-0.25, -0.2) is 8.42 Å². The minimum atomic E-state index is -3.81. The third-order valence-corrected chi connectivity index (χ3v) is 4.13. The summed E-state index contributed by atoms with van der Waals surface area (Å²) in [6.07, 6.45) is 0.738. The molecule has 0 atom stereocenters. The third kappa shape index (κ3) is 2.42. The summed E-state index contributed by atoms with van der Waals surface area (Å²) < 4.78 is 49.8. The van der Waals surface area contributed by atoms with E-state index < -0.39 is 21.6 Å². The highest BCUT2D eigenvalue weighted by Gasteiger charge is 2.29. The van der Waals surface area contributed by atoms with E-state index in [1.807, 2.05) is 0 Å². The molecule has 7 nitrogen and oxygen atoms in total. The molecule has 2 rings (SSSR count). The Bertz CT molecular complexity index is 482. The summed E-state index contributed by atoms with van der Waals surface area (Å²) in [5, 5.41) is 8.89. The summed E-state index contributed by atoms with van der Waals surface area (Å²) in [5.41, 5.74) is 0. The molecule has 10 heteroatoms. The number of nitrogens with zero attached hydrogens (tertiary/aromatic N) is 4. The molecule has 0 saturated carbocycles. The molecule has 1 aromatic rings. The second-order valence-corrected chi connectivity index (χ2v) is 5.35. The zero-order valence-corrected chi connectivity index (χ0v) is 9.57. The number of alkyl halides is 2. The van der Waals surface area contributed by atoms with Gasteiger partial charge in [0.15, 0.2) is 0 Å². The van der Waals surface area contributed by atoms with Crippen molar-refractivity contribution in [2.24, 2.45) is 0 Å². The van der Waals surface area contributed by atoms with Gasteiger partial charge in [0.05, 0.1) is 6.20 Å². The van der Waals surface area contributed by atoms with E-state index in [0.717, 1.165) is 6.20 Å². The monoisotopic (exact) mass is 267 g/mol. The SMILES string of the molecule is O=S(=O)(c1cn(C(F)F)nn1)N1CCNCC1. The summed E-state index contributed by atoms with van der Waals surface area (Å²) in [4.78, 5) is 0. The van der Waals surface area contributed by atoms with Gasteiger partial charge in [0, 0.05) is 26.2 Å². The van der Waals surface area contributed by atoms with Crippen molar-refractivity contribution in [3.05, 3.63) is 6.20 Å². The Morgan fingerprint density at radius 3 is 2.53 bits per heavy atom. The number of sulfonamides is 1. The predicted molar refractivity (Wildman–Crippen MR) is 52.9 cm³/mol. The summed E-state index contributed by atoms with van der Waals surface area (Å²) in [7, 11) is -3.81. The maximum absolute atomic E-state index is 12.3. The van der Waals surface area contributed by atoms with Crippen LogP contribution in [0.15, 0.2) is 11.2 Å². The van der Waals surface area contributed by atoms with Crippen molar-refractivity contribution in [3.8, 4) is 0 Å². The van der Waals surface area contributed by atoms with Crippen molar-refractivity contribution in [1.29, 1.82) is 0 Å². The molecule has 1 aliphatic heterocycles. The average Bonchev–Trinajstić information content (AvgIpc) is 2.80. The molecule has 1 fully saturated rings. The Hall–Kier alpha value is -1.13. The molecular formula is C7H11F2N5O2S. The molecule has 17 heavy (non-hydrogen) atoms. The van der Waals surface area contributed by atoms with Crippen LogP contribution in [0.5, 0.6) is 0 Å². The van der Waals surface area contributed by atoms with Crippen LogP contribution in [-0.4, -0.2) is 53.9 Å². The van der Waals surface area contributed by atoms with Crippen LogP contribution >= 0.6 is 0 Å². The smallest absolute Gasteiger partial charge is 0.314 e. The zero-order valence-electron chi connectivity index (χ0n) is 8.75. The standard InChI is InChI=1S/C7H11F2N5O2S/c8-7(9)14-5-6(11-12-14)17(15,16)13-3-1-10-2-4-13/h5,7,10H,1-4H2. The fraction of sp³-hybridized carbons (Fsp3) is 0.714. The summed E-state index contributed by atoms with van der Waals surface area (Å²) in [6, 6.07) is 0. The molecule has 0 aliphatic carbocycles. The number of hydrogen-bond donors (Lipinski definition) is 1. The Morgan fingerprint density at radius 1 is 1.35 bits per heavy atom. The number of hydrogen-bond acceptors (Lipinski definition) is 5. The molecule has 1 aromatic heterocycles. The molecule has 0 spiro atoms. The second kappa shape index (κ2) is 4.63. The number of aromatic nitrogens is 3. The molecule has 1 saturated heterocycles. The number of nitrogens with one attached hydrogen (secondary N) is 1. The Kier molecular flexibility index (Phi) is 3.35. The first-order valence-electron chi connectivity index (χ1n) is 4.92. The van der Waals surface area contributed by atoms with Crippen LogP contribution in [0.25, 0.3) is 0 Å². The zero-order chi connectivity index (χ0) is 12.5. The van der Waals surface area contributed by atoms with E-state index in [4.69, 9.17) is 0 Å². The van der Waals surface area contributed by atoms with Gasteiger partial charge < -0.3 is 5.32 Å².